The van der Waals surface area contributed by atoms with Gasteiger partial charge in [0.05, 0.1) is 6.20 Å². The third-order valence-electron chi connectivity index (χ3n) is 1.53. The molecule has 4 N–H and O–H groups in total. The molecule has 1 aromatic heterocycles. The van der Waals surface area contributed by atoms with Gasteiger partial charge in [0.25, 0.3) is 0 Å². The molecule has 0 bridgehead atoms. The van der Waals surface area contributed by atoms with Crippen LogP contribution >= 0.6 is 11.8 Å². The van der Waals surface area contributed by atoms with Crippen LogP contribution in [0.2, 0.25) is 0 Å². The van der Waals surface area contributed by atoms with Crippen molar-refractivity contribution in [2.24, 2.45) is 5.84 Å². The number of anilines is 2. The van der Waals surface area contributed by atoms with Gasteiger partial charge in [-0.05, 0) is 11.8 Å². The Kier molecular flexibility index (Phi) is 4.75. The minimum Gasteiger partial charge on any atom is -0.367 e. The topological polar surface area (TPSA) is 75.9 Å². The maximum atomic E-state index is 13.1. The molecule has 0 saturated heterocycles. The zero-order valence-corrected chi connectivity index (χ0v) is 9.20. The number of hydrazine groups is 1. The summed E-state index contributed by atoms with van der Waals surface area (Å²) in [5.41, 5.74) is -2.20. The average Bonchev–Trinajstić information content (AvgIpc) is 2.25. The highest BCUT2D eigenvalue weighted by atomic mass is 32.2. The number of rotatable bonds is 5. The van der Waals surface area contributed by atoms with Crippen LogP contribution in [-0.4, -0.2) is 27.8 Å². The van der Waals surface area contributed by atoms with Crippen LogP contribution in [0.25, 0.3) is 0 Å². The van der Waals surface area contributed by atoms with Crippen molar-refractivity contribution >= 4 is 23.5 Å². The SMILES string of the molecule is NNc1ncc(F)c(NCCSC(F)(F)F)n1. The number of halogens is 4. The second kappa shape index (κ2) is 5.87. The van der Waals surface area contributed by atoms with E-state index in [0.717, 1.165) is 6.20 Å². The number of hydrogen-bond donors (Lipinski definition) is 3. The van der Waals surface area contributed by atoms with Crippen molar-refractivity contribution in [3.05, 3.63) is 12.0 Å². The summed E-state index contributed by atoms with van der Waals surface area (Å²) in [5.74, 6) is 3.76. The standard InChI is InChI=1S/C7H9F4N5S/c8-4-3-14-6(16-12)15-5(4)13-1-2-17-7(9,10)11/h3H,1-2,12H2,(H2,13,14,15,16). The first-order chi connectivity index (χ1) is 7.92. The van der Waals surface area contributed by atoms with Crippen molar-refractivity contribution in [2.45, 2.75) is 5.51 Å². The van der Waals surface area contributed by atoms with Crippen LogP contribution in [0.5, 0.6) is 0 Å². The second-order valence-electron chi connectivity index (χ2n) is 2.76. The van der Waals surface area contributed by atoms with Gasteiger partial charge in [-0.2, -0.15) is 18.2 Å². The number of alkyl halides is 3. The van der Waals surface area contributed by atoms with E-state index in [1.54, 1.807) is 0 Å². The van der Waals surface area contributed by atoms with E-state index in [2.05, 4.69) is 20.7 Å². The molecule has 0 unspecified atom stereocenters. The fourth-order valence-corrected chi connectivity index (χ4v) is 1.33. The van der Waals surface area contributed by atoms with Crippen LogP contribution < -0.4 is 16.6 Å². The van der Waals surface area contributed by atoms with Crippen molar-refractivity contribution in [3.8, 4) is 0 Å². The number of nitrogens with zero attached hydrogens (tertiary/aromatic N) is 2. The molecule has 0 saturated carbocycles. The summed E-state index contributed by atoms with van der Waals surface area (Å²) < 4.78 is 48.4. The molecule has 1 heterocycles. The molecule has 1 rings (SSSR count). The van der Waals surface area contributed by atoms with Gasteiger partial charge >= 0.3 is 5.51 Å². The van der Waals surface area contributed by atoms with Gasteiger partial charge in [0.1, 0.15) is 0 Å². The molecule has 0 amide bonds. The van der Waals surface area contributed by atoms with Gasteiger partial charge in [0.2, 0.25) is 5.95 Å². The molecular weight excluding hydrogens is 262 g/mol. The third kappa shape index (κ3) is 5.04. The minimum atomic E-state index is -4.30. The first-order valence-corrected chi connectivity index (χ1v) is 5.34. The van der Waals surface area contributed by atoms with E-state index in [0.29, 0.717) is 0 Å². The fourth-order valence-electron chi connectivity index (χ4n) is 0.897. The van der Waals surface area contributed by atoms with E-state index in [4.69, 9.17) is 5.84 Å². The van der Waals surface area contributed by atoms with Crippen molar-refractivity contribution < 1.29 is 17.6 Å². The van der Waals surface area contributed by atoms with Gasteiger partial charge in [-0.1, -0.05) is 0 Å². The summed E-state index contributed by atoms with van der Waals surface area (Å²) in [6, 6.07) is 0. The van der Waals surface area contributed by atoms with E-state index in [1.165, 1.54) is 0 Å². The summed E-state index contributed by atoms with van der Waals surface area (Å²) in [4.78, 5) is 7.08. The van der Waals surface area contributed by atoms with E-state index in [9.17, 15) is 17.6 Å². The number of nitrogens with two attached hydrogens (primary N) is 1. The number of thioether (sulfide) groups is 1. The monoisotopic (exact) mass is 271 g/mol. The van der Waals surface area contributed by atoms with Gasteiger partial charge < -0.3 is 5.32 Å². The summed E-state index contributed by atoms with van der Waals surface area (Å²) in [6.45, 7) is -0.0812. The molecule has 0 aliphatic heterocycles. The number of aromatic nitrogens is 2. The molecule has 0 aliphatic rings. The maximum absolute atomic E-state index is 13.1. The predicted octanol–water partition coefficient (Wildman–Crippen LogP) is 1.57. The minimum absolute atomic E-state index is 0.0302. The summed E-state index contributed by atoms with van der Waals surface area (Å²) in [5, 5.41) is 2.42. The summed E-state index contributed by atoms with van der Waals surface area (Å²) >= 11 is -0.200. The first kappa shape index (κ1) is 13.8. The van der Waals surface area contributed by atoms with Crippen molar-refractivity contribution in [2.75, 3.05) is 23.0 Å². The van der Waals surface area contributed by atoms with Gasteiger partial charge in [-0.25, -0.2) is 15.2 Å². The lowest BCUT2D eigenvalue weighted by molar-refractivity contribution is -0.0327. The largest absolute Gasteiger partial charge is 0.441 e. The molecule has 0 aliphatic carbocycles. The Bertz CT molecular complexity index is 372. The highest BCUT2D eigenvalue weighted by Gasteiger charge is 2.27. The quantitative estimate of drug-likeness (QED) is 0.326. The number of nitrogen functional groups attached to an aromatic ring is 1. The highest BCUT2D eigenvalue weighted by molar-refractivity contribution is 8.00. The number of nitrogens with one attached hydrogen (secondary N) is 2. The van der Waals surface area contributed by atoms with Crippen LogP contribution in [0, 0.1) is 5.82 Å². The third-order valence-corrected chi connectivity index (χ3v) is 2.27. The van der Waals surface area contributed by atoms with Crippen molar-refractivity contribution in [1.29, 1.82) is 0 Å². The van der Waals surface area contributed by atoms with Gasteiger partial charge in [-0.15, -0.1) is 0 Å². The molecule has 0 spiro atoms. The Balaban J connectivity index is 2.46. The molecule has 96 valence electrons. The van der Waals surface area contributed by atoms with Crippen LogP contribution in [0.3, 0.4) is 0 Å². The molecule has 10 heteroatoms. The Hall–Kier alpha value is -1.29. The average molecular weight is 271 g/mol. The lowest BCUT2D eigenvalue weighted by atomic mass is 10.5. The zero-order valence-electron chi connectivity index (χ0n) is 8.38. The Morgan fingerprint density at radius 2 is 2.12 bits per heavy atom. The molecule has 0 aromatic carbocycles. The van der Waals surface area contributed by atoms with E-state index in [1.807, 2.05) is 0 Å². The van der Waals surface area contributed by atoms with Crippen LogP contribution in [0.15, 0.2) is 6.20 Å². The van der Waals surface area contributed by atoms with Gasteiger partial charge in [0, 0.05) is 12.3 Å². The molecule has 0 radical (unpaired) electrons. The number of hydrogen-bond acceptors (Lipinski definition) is 6. The zero-order chi connectivity index (χ0) is 12.9. The van der Waals surface area contributed by atoms with E-state index >= 15 is 0 Å². The Labute approximate surface area is 98.2 Å². The lowest BCUT2D eigenvalue weighted by Gasteiger charge is -2.08. The molecule has 17 heavy (non-hydrogen) atoms. The Morgan fingerprint density at radius 1 is 1.41 bits per heavy atom. The fraction of sp³-hybridized carbons (Fsp3) is 0.429. The summed E-state index contributed by atoms with van der Waals surface area (Å²) in [7, 11) is 0. The van der Waals surface area contributed by atoms with Crippen LogP contribution in [0.1, 0.15) is 0 Å². The second-order valence-corrected chi connectivity index (χ2v) is 3.92. The lowest BCUT2D eigenvalue weighted by Crippen LogP contribution is -2.15. The van der Waals surface area contributed by atoms with Gasteiger partial charge in [-0.3, -0.25) is 5.43 Å². The molecule has 0 fully saturated rings. The van der Waals surface area contributed by atoms with Crippen LogP contribution in [0.4, 0.5) is 29.3 Å². The smallest absolute Gasteiger partial charge is 0.367 e. The highest BCUT2D eigenvalue weighted by Crippen LogP contribution is 2.29. The van der Waals surface area contributed by atoms with E-state index < -0.39 is 11.3 Å². The molecular formula is C7H9F4N5S. The molecule has 5 nitrogen and oxygen atoms in total. The predicted molar refractivity (Wildman–Crippen MR) is 56.8 cm³/mol. The Morgan fingerprint density at radius 3 is 2.71 bits per heavy atom. The molecule has 0 atom stereocenters. The van der Waals surface area contributed by atoms with Gasteiger partial charge in [0.15, 0.2) is 11.6 Å². The van der Waals surface area contributed by atoms with Crippen molar-refractivity contribution in [3.63, 3.8) is 0 Å². The van der Waals surface area contributed by atoms with Crippen LogP contribution in [-0.2, 0) is 0 Å². The summed E-state index contributed by atoms with van der Waals surface area (Å²) in [6.07, 6.45) is 0.863. The normalized spacial score (nSPS) is 11.4. The first-order valence-electron chi connectivity index (χ1n) is 4.36. The molecule has 1 aromatic rings. The van der Waals surface area contributed by atoms with E-state index in [-0.39, 0.29) is 35.8 Å². The maximum Gasteiger partial charge on any atom is 0.441 e. The van der Waals surface area contributed by atoms with Crippen molar-refractivity contribution in [1.82, 2.24) is 9.97 Å².